The van der Waals surface area contributed by atoms with Crippen molar-refractivity contribution in [3.05, 3.63) is 48.6 Å². The second-order valence-electron chi connectivity index (χ2n) is 13.5. The predicted molar refractivity (Wildman–Crippen MR) is 148 cm³/mol. The minimum Gasteiger partial charge on any atom is -0.409 e. The lowest BCUT2D eigenvalue weighted by Crippen LogP contribution is -2.60. The van der Waals surface area contributed by atoms with Crippen LogP contribution < -0.4 is 0 Å². The summed E-state index contributed by atoms with van der Waals surface area (Å²) < 4.78 is 14.7. The molecule has 1 aliphatic heterocycles. The molecule has 0 amide bonds. The van der Waals surface area contributed by atoms with Gasteiger partial charge < -0.3 is 8.85 Å². The molecule has 0 N–H and O–H groups in total. The van der Waals surface area contributed by atoms with Crippen LogP contribution in [0.1, 0.15) is 59.9 Å². The van der Waals surface area contributed by atoms with E-state index in [0.29, 0.717) is 5.92 Å². The topological polar surface area (TPSA) is 30.9 Å². The quantitative estimate of drug-likeness (QED) is 0.271. The maximum absolute atomic E-state index is 7.38. The van der Waals surface area contributed by atoms with Gasteiger partial charge in [0, 0.05) is 12.5 Å². The third-order valence-electron chi connectivity index (χ3n) is 8.87. The molecule has 1 heterocycles. The van der Waals surface area contributed by atoms with E-state index in [1.54, 1.807) is 0 Å². The Hall–Kier alpha value is -0.766. The summed E-state index contributed by atoms with van der Waals surface area (Å²) in [6.45, 7) is 29.1. The number of hydrogen-bond acceptors (Lipinski definition) is 4. The van der Waals surface area contributed by atoms with Crippen molar-refractivity contribution in [1.29, 1.82) is 0 Å². The molecule has 0 aromatic heterocycles. The molecule has 2 fully saturated rings. The maximum Gasteiger partial charge on any atom is 0.192 e. The molecule has 1 saturated heterocycles. The summed E-state index contributed by atoms with van der Waals surface area (Å²) >= 11 is 0. The van der Waals surface area contributed by atoms with Crippen molar-refractivity contribution in [2.45, 2.75) is 115 Å². The van der Waals surface area contributed by atoms with Gasteiger partial charge in [-0.3, -0.25) is 4.84 Å². The number of nitrogens with zero attached hydrogens (tertiary/aromatic N) is 1. The summed E-state index contributed by atoms with van der Waals surface area (Å²) in [5.41, 5.74) is 0.898. The number of fused-ring (bicyclic) bond motifs is 1. The van der Waals surface area contributed by atoms with E-state index in [2.05, 4.69) is 116 Å². The lowest BCUT2D eigenvalue weighted by molar-refractivity contribution is -0.175. The molecule has 1 aliphatic carbocycles. The van der Waals surface area contributed by atoms with Gasteiger partial charge in [-0.15, -0.1) is 6.58 Å². The second kappa shape index (κ2) is 9.60. The average Bonchev–Trinajstić information content (AvgIpc) is 3.18. The molecule has 0 bridgehead atoms. The number of hydrogen-bond donors (Lipinski definition) is 0. The van der Waals surface area contributed by atoms with Gasteiger partial charge in [0.05, 0.1) is 24.4 Å². The first kappa shape index (κ1) is 27.8. The Bertz CT molecular complexity index is 843. The largest absolute Gasteiger partial charge is 0.409 e. The van der Waals surface area contributed by atoms with Crippen LogP contribution in [-0.2, 0) is 20.2 Å². The highest BCUT2D eigenvalue weighted by atomic mass is 28.4. The van der Waals surface area contributed by atoms with Crippen LogP contribution in [0.3, 0.4) is 0 Å². The lowest BCUT2D eigenvalue weighted by atomic mass is 9.94. The van der Waals surface area contributed by atoms with Gasteiger partial charge in [0.2, 0.25) is 0 Å². The third kappa shape index (κ3) is 5.47. The van der Waals surface area contributed by atoms with Gasteiger partial charge in [0.15, 0.2) is 16.6 Å². The molecule has 34 heavy (non-hydrogen) atoms. The van der Waals surface area contributed by atoms with Crippen LogP contribution >= 0.6 is 0 Å². The summed E-state index contributed by atoms with van der Waals surface area (Å²) in [6, 6.07) is 10.8. The average molecular weight is 504 g/mol. The van der Waals surface area contributed by atoms with Crippen LogP contribution in [0.2, 0.25) is 36.3 Å². The van der Waals surface area contributed by atoms with Crippen molar-refractivity contribution in [2.24, 2.45) is 5.92 Å². The maximum atomic E-state index is 7.38. The minimum absolute atomic E-state index is 0.0447. The zero-order chi connectivity index (χ0) is 25.6. The van der Waals surface area contributed by atoms with Gasteiger partial charge in [-0.1, -0.05) is 78.0 Å². The van der Waals surface area contributed by atoms with Crippen LogP contribution in [0.15, 0.2) is 43.0 Å². The monoisotopic (exact) mass is 503 g/mol. The molecule has 4 atom stereocenters. The van der Waals surface area contributed by atoms with Gasteiger partial charge in [-0.25, -0.2) is 0 Å². The molecule has 192 valence electrons. The zero-order valence-electron chi connectivity index (χ0n) is 23.4. The van der Waals surface area contributed by atoms with Crippen LogP contribution in [0.25, 0.3) is 0 Å². The molecule has 0 radical (unpaired) electrons. The standard InChI is InChI=1S/C28H49NO3Si2/c1-12-18-28(32-34(10,11)27(5,6)7)19-23-21-30-29(20-22-16-14-13-15-17-22)24(23)25(28)31-33(8,9)26(2,3)4/h12-17,23-25H,1,18-21H2,2-11H3/t23-,24+,25+,28-/m0/s1. The molecule has 1 saturated carbocycles. The van der Waals surface area contributed by atoms with Crippen LogP contribution in [0, 0.1) is 5.92 Å². The molecule has 1 aromatic carbocycles. The van der Waals surface area contributed by atoms with E-state index in [4.69, 9.17) is 13.7 Å². The van der Waals surface area contributed by atoms with Crippen molar-refractivity contribution in [3.8, 4) is 0 Å². The molecule has 4 nitrogen and oxygen atoms in total. The SMILES string of the molecule is C=CC[C@]1(O[Si](C)(C)C(C)(C)C)C[C@H]2CON(Cc3ccccc3)[C@H]2[C@H]1O[Si](C)(C)C(C)(C)C. The summed E-state index contributed by atoms with van der Waals surface area (Å²) in [5.74, 6) is 0.392. The first-order chi connectivity index (χ1) is 15.5. The second-order valence-corrected chi connectivity index (χ2v) is 23.0. The normalized spacial score (nSPS) is 28.8. The van der Waals surface area contributed by atoms with Gasteiger partial charge in [0.25, 0.3) is 0 Å². The molecular weight excluding hydrogens is 454 g/mol. The first-order valence-electron chi connectivity index (χ1n) is 13.0. The van der Waals surface area contributed by atoms with Crippen molar-refractivity contribution >= 4 is 16.6 Å². The fourth-order valence-electron chi connectivity index (χ4n) is 4.89. The van der Waals surface area contributed by atoms with E-state index in [1.165, 1.54) is 5.56 Å². The number of benzene rings is 1. The lowest BCUT2D eigenvalue weighted by Gasteiger charge is -2.50. The molecule has 0 spiro atoms. The number of hydroxylamine groups is 2. The van der Waals surface area contributed by atoms with Crippen LogP contribution in [-0.4, -0.2) is 46.1 Å². The summed E-state index contributed by atoms with van der Waals surface area (Å²) in [5, 5.41) is 2.45. The molecule has 6 heteroatoms. The predicted octanol–water partition coefficient (Wildman–Crippen LogP) is 7.55. The van der Waals surface area contributed by atoms with Crippen molar-refractivity contribution in [3.63, 3.8) is 0 Å². The van der Waals surface area contributed by atoms with Gasteiger partial charge >= 0.3 is 0 Å². The van der Waals surface area contributed by atoms with Crippen molar-refractivity contribution < 1.29 is 13.7 Å². The Balaban J connectivity index is 2.04. The fourth-order valence-corrected chi connectivity index (χ4v) is 7.84. The van der Waals surface area contributed by atoms with E-state index in [1.807, 2.05) is 0 Å². The van der Waals surface area contributed by atoms with E-state index in [9.17, 15) is 0 Å². The Labute approximate surface area is 211 Å². The Kier molecular flexibility index (Phi) is 7.85. The Morgan fingerprint density at radius 1 is 1.03 bits per heavy atom. The zero-order valence-corrected chi connectivity index (χ0v) is 25.4. The molecule has 0 unspecified atom stereocenters. The third-order valence-corrected chi connectivity index (χ3v) is 17.9. The van der Waals surface area contributed by atoms with E-state index in [0.717, 1.165) is 26.0 Å². The highest BCUT2D eigenvalue weighted by Gasteiger charge is 2.63. The van der Waals surface area contributed by atoms with Crippen molar-refractivity contribution in [1.82, 2.24) is 5.06 Å². The van der Waals surface area contributed by atoms with E-state index < -0.39 is 16.6 Å². The molecular formula is C28H49NO3Si2. The van der Waals surface area contributed by atoms with E-state index in [-0.39, 0.29) is 27.8 Å². The van der Waals surface area contributed by atoms with Gasteiger partial charge in [0.1, 0.15) is 0 Å². The fraction of sp³-hybridized carbons (Fsp3) is 0.714. The van der Waals surface area contributed by atoms with Crippen LogP contribution in [0.4, 0.5) is 0 Å². The Morgan fingerprint density at radius 2 is 1.62 bits per heavy atom. The highest BCUT2D eigenvalue weighted by molar-refractivity contribution is 6.74. The van der Waals surface area contributed by atoms with Gasteiger partial charge in [-0.05, 0) is 54.7 Å². The highest BCUT2D eigenvalue weighted by Crippen LogP contribution is 2.53. The molecule has 1 aromatic rings. The minimum atomic E-state index is -2.07. The Morgan fingerprint density at radius 3 is 2.15 bits per heavy atom. The summed E-state index contributed by atoms with van der Waals surface area (Å²) in [4.78, 5) is 6.32. The van der Waals surface area contributed by atoms with Crippen molar-refractivity contribution in [2.75, 3.05) is 6.61 Å². The van der Waals surface area contributed by atoms with E-state index >= 15 is 0 Å². The summed E-state index contributed by atoms with van der Waals surface area (Å²) in [7, 11) is -4.13. The molecule has 3 rings (SSSR count). The number of rotatable bonds is 8. The van der Waals surface area contributed by atoms with Gasteiger partial charge in [-0.2, -0.15) is 5.06 Å². The smallest absolute Gasteiger partial charge is 0.192 e. The molecule has 2 aliphatic rings. The van der Waals surface area contributed by atoms with Crippen LogP contribution in [0.5, 0.6) is 0 Å². The first-order valence-corrected chi connectivity index (χ1v) is 18.8. The summed E-state index contributed by atoms with van der Waals surface area (Å²) in [6.07, 6.45) is 3.78.